The van der Waals surface area contributed by atoms with E-state index >= 15 is 0 Å². The third-order valence-electron chi connectivity index (χ3n) is 10.5. The van der Waals surface area contributed by atoms with Gasteiger partial charge in [-0.1, -0.05) is 70.6 Å². The van der Waals surface area contributed by atoms with Crippen LogP contribution in [0.3, 0.4) is 0 Å². The minimum Gasteiger partial charge on any atom is -0.383 e. The summed E-state index contributed by atoms with van der Waals surface area (Å²) in [7, 11) is 1.68. The first-order valence-electron chi connectivity index (χ1n) is 22.5. The summed E-state index contributed by atoms with van der Waals surface area (Å²) in [5.74, 6) is -0.598. The monoisotopic (exact) mass is 825 g/mol. The fraction of sp³-hybridized carbons (Fsp3) is 0.681. The standard InChI is InChI=1S/C47H80N6O6/c1-6-53(7-2)43-24-23-41-37-44(39(3)35-42(41)36-43)40(4)51-26-30-59-34-33-58-29-19-15-11-10-14-18-28-57-32-31-56-27-17-13-9-8-12-16-22-46(54)52-45(47(48)55)21-20-25-50-38-49-5/h23-24,36-38,45,51H,3-4,6-22,25-35H2,1-2,5H3,(H2,48,55)(H,49,50)(H,52,54). The Bertz CT molecular complexity index is 1380. The maximum atomic E-state index is 12.2. The quantitative estimate of drug-likeness (QED) is 0.0306. The van der Waals surface area contributed by atoms with E-state index in [1.807, 2.05) is 0 Å². The van der Waals surface area contributed by atoms with E-state index in [0.717, 1.165) is 114 Å². The van der Waals surface area contributed by atoms with Crippen LogP contribution in [0.4, 0.5) is 5.69 Å². The van der Waals surface area contributed by atoms with E-state index in [1.54, 1.807) is 13.4 Å². The van der Waals surface area contributed by atoms with Crippen LogP contribution < -0.4 is 26.6 Å². The van der Waals surface area contributed by atoms with E-state index in [9.17, 15) is 9.59 Å². The molecule has 2 amide bonds. The molecular formula is C47H80N6O6. The fourth-order valence-corrected chi connectivity index (χ4v) is 7.00. The van der Waals surface area contributed by atoms with Gasteiger partial charge in [0.2, 0.25) is 11.8 Å². The van der Waals surface area contributed by atoms with Crippen molar-refractivity contribution in [2.45, 2.75) is 123 Å². The number of carbonyl (C=O) groups is 2. The summed E-state index contributed by atoms with van der Waals surface area (Å²) in [6.45, 7) is 21.8. The van der Waals surface area contributed by atoms with E-state index in [-0.39, 0.29) is 5.91 Å². The Morgan fingerprint density at radius 2 is 1.36 bits per heavy atom. The largest absolute Gasteiger partial charge is 0.383 e. The second kappa shape index (κ2) is 34.0. The second-order valence-corrected chi connectivity index (χ2v) is 15.2. The Morgan fingerprint density at radius 1 is 0.797 bits per heavy atom. The minimum atomic E-state index is -0.620. The number of nitrogens with zero attached hydrogens (tertiary/aromatic N) is 2. The number of anilines is 1. The normalized spacial score (nSPS) is 12.9. The number of hydrogen-bond donors (Lipinski definition) is 4. The predicted octanol–water partition coefficient (Wildman–Crippen LogP) is 7.27. The number of fused-ring (bicyclic) bond motifs is 1. The number of carbonyl (C=O) groups excluding carboxylic acids is 2. The van der Waals surface area contributed by atoms with Crippen LogP contribution in [0.15, 0.2) is 53.2 Å². The van der Waals surface area contributed by atoms with E-state index < -0.39 is 11.9 Å². The zero-order valence-electron chi connectivity index (χ0n) is 37.1. The first-order chi connectivity index (χ1) is 28.8. The summed E-state index contributed by atoms with van der Waals surface area (Å²) < 4.78 is 23.0. The van der Waals surface area contributed by atoms with Gasteiger partial charge in [0, 0.05) is 76.4 Å². The Balaban J connectivity index is 1.29. The molecule has 5 N–H and O–H groups in total. The number of rotatable bonds is 39. The van der Waals surface area contributed by atoms with Gasteiger partial charge in [0.15, 0.2) is 0 Å². The topological polar surface area (TPSA) is 149 Å². The van der Waals surface area contributed by atoms with E-state index in [0.29, 0.717) is 59.0 Å². The summed E-state index contributed by atoms with van der Waals surface area (Å²) in [5, 5.41) is 9.20. The highest BCUT2D eigenvalue weighted by molar-refractivity contribution is 5.86. The van der Waals surface area contributed by atoms with Gasteiger partial charge in [-0.15, -0.1) is 0 Å². The summed E-state index contributed by atoms with van der Waals surface area (Å²) in [6, 6.07) is 6.10. The number of aliphatic imine (C=N–C) groups is 1. The summed E-state index contributed by atoms with van der Waals surface area (Å²) >= 11 is 0. The van der Waals surface area contributed by atoms with Crippen molar-refractivity contribution in [3.63, 3.8) is 0 Å². The molecule has 0 aromatic heterocycles. The van der Waals surface area contributed by atoms with Crippen molar-refractivity contribution in [2.24, 2.45) is 10.7 Å². The van der Waals surface area contributed by atoms with Crippen molar-refractivity contribution in [1.82, 2.24) is 16.0 Å². The highest BCUT2D eigenvalue weighted by Crippen LogP contribution is 2.32. The van der Waals surface area contributed by atoms with Gasteiger partial charge in [-0.2, -0.15) is 0 Å². The van der Waals surface area contributed by atoms with Gasteiger partial charge in [-0.05, 0) is 93.7 Å². The second-order valence-electron chi connectivity index (χ2n) is 15.2. The number of amides is 2. The van der Waals surface area contributed by atoms with Crippen molar-refractivity contribution < 1.29 is 28.5 Å². The molecule has 0 heterocycles. The van der Waals surface area contributed by atoms with E-state index in [1.165, 1.54) is 42.5 Å². The molecule has 1 aliphatic rings. The molecule has 0 fully saturated rings. The van der Waals surface area contributed by atoms with Crippen molar-refractivity contribution in [2.75, 3.05) is 91.0 Å². The third-order valence-corrected chi connectivity index (χ3v) is 10.5. The molecule has 334 valence electrons. The molecule has 1 unspecified atom stereocenters. The number of allylic oxidation sites excluding steroid dienone is 1. The van der Waals surface area contributed by atoms with Crippen LogP contribution in [0.5, 0.6) is 0 Å². The highest BCUT2D eigenvalue weighted by atomic mass is 16.5. The smallest absolute Gasteiger partial charge is 0.240 e. The molecule has 1 aromatic rings. The van der Waals surface area contributed by atoms with Gasteiger partial charge in [0.05, 0.1) is 39.4 Å². The van der Waals surface area contributed by atoms with Crippen LogP contribution in [-0.4, -0.2) is 110 Å². The lowest BCUT2D eigenvalue weighted by molar-refractivity contribution is -0.127. The Morgan fingerprint density at radius 3 is 1.92 bits per heavy atom. The SMILES string of the molecule is C=C1Cc2cc(N(CC)CC)ccc2C=C1C(=C)NCCOCCOCCCCCCCCOCCOCCCCCCCCC(=O)NC(CCCNC=NC)C(N)=O. The van der Waals surface area contributed by atoms with Gasteiger partial charge in [0.1, 0.15) is 6.04 Å². The summed E-state index contributed by atoms with van der Waals surface area (Å²) in [5.41, 5.74) is 12.4. The van der Waals surface area contributed by atoms with Crippen LogP contribution in [0.2, 0.25) is 0 Å². The van der Waals surface area contributed by atoms with E-state index in [2.05, 4.69) is 77.1 Å². The molecule has 0 saturated heterocycles. The van der Waals surface area contributed by atoms with Crippen LogP contribution >= 0.6 is 0 Å². The molecule has 2 rings (SSSR count). The fourth-order valence-electron chi connectivity index (χ4n) is 7.00. The average molecular weight is 825 g/mol. The molecular weight excluding hydrogens is 745 g/mol. The average Bonchev–Trinajstić information content (AvgIpc) is 3.22. The molecule has 1 atom stereocenters. The maximum Gasteiger partial charge on any atom is 0.240 e. The van der Waals surface area contributed by atoms with Crippen LogP contribution in [-0.2, 0) is 35.0 Å². The van der Waals surface area contributed by atoms with E-state index in [4.69, 9.17) is 24.7 Å². The number of ether oxygens (including phenoxy) is 4. The van der Waals surface area contributed by atoms with Gasteiger partial charge in [0.25, 0.3) is 0 Å². The number of nitrogens with one attached hydrogen (secondary N) is 3. The van der Waals surface area contributed by atoms with Gasteiger partial charge >= 0.3 is 0 Å². The minimum absolute atomic E-state index is 0.108. The molecule has 12 nitrogen and oxygen atoms in total. The number of benzene rings is 1. The lowest BCUT2D eigenvalue weighted by Gasteiger charge is -2.25. The van der Waals surface area contributed by atoms with Gasteiger partial charge in [-0.3, -0.25) is 14.6 Å². The first kappa shape index (κ1) is 51.4. The van der Waals surface area contributed by atoms with Crippen molar-refractivity contribution in [3.8, 4) is 0 Å². The van der Waals surface area contributed by atoms with Crippen LogP contribution in [0.1, 0.15) is 121 Å². The Kier molecular flexibility index (Phi) is 29.7. The molecule has 59 heavy (non-hydrogen) atoms. The first-order valence-corrected chi connectivity index (χ1v) is 22.5. The van der Waals surface area contributed by atoms with Crippen molar-refractivity contribution >= 4 is 29.9 Å². The van der Waals surface area contributed by atoms with Gasteiger partial charge in [-0.25, -0.2) is 0 Å². The van der Waals surface area contributed by atoms with Crippen LogP contribution in [0, 0.1) is 0 Å². The lowest BCUT2D eigenvalue weighted by Crippen LogP contribution is -2.44. The molecule has 12 heteroatoms. The third kappa shape index (κ3) is 24.2. The number of unbranched alkanes of at least 4 members (excludes halogenated alkanes) is 10. The van der Waals surface area contributed by atoms with Crippen LogP contribution in [0.25, 0.3) is 6.08 Å². The number of nitrogens with two attached hydrogens (primary N) is 1. The zero-order chi connectivity index (χ0) is 42.8. The van der Waals surface area contributed by atoms with Crippen molar-refractivity contribution in [3.05, 3.63) is 59.3 Å². The zero-order valence-corrected chi connectivity index (χ0v) is 37.1. The summed E-state index contributed by atoms with van der Waals surface area (Å²) in [4.78, 5) is 30.1. The molecule has 0 bridgehead atoms. The lowest BCUT2D eigenvalue weighted by atomic mass is 9.87. The molecule has 0 spiro atoms. The molecule has 0 aliphatic heterocycles. The molecule has 1 aliphatic carbocycles. The number of primary amides is 1. The predicted molar refractivity (Wildman–Crippen MR) is 244 cm³/mol. The Labute approximate surface area is 357 Å². The molecule has 0 radical (unpaired) electrons. The molecule has 0 saturated carbocycles. The summed E-state index contributed by atoms with van der Waals surface area (Å²) in [6.07, 6.45) is 19.5. The Hall–Kier alpha value is -3.71. The highest BCUT2D eigenvalue weighted by Gasteiger charge is 2.18. The van der Waals surface area contributed by atoms with Gasteiger partial charge < -0.3 is 45.5 Å². The number of hydrogen-bond acceptors (Lipinski definition) is 9. The maximum absolute atomic E-state index is 12.2. The molecule has 1 aromatic carbocycles. The van der Waals surface area contributed by atoms with Crippen molar-refractivity contribution in [1.29, 1.82) is 0 Å².